The van der Waals surface area contributed by atoms with Gasteiger partial charge in [0.1, 0.15) is 12.7 Å². The van der Waals surface area contributed by atoms with E-state index >= 15 is 0 Å². The van der Waals surface area contributed by atoms with Crippen LogP contribution < -0.4 is 5.32 Å². The van der Waals surface area contributed by atoms with E-state index in [4.69, 9.17) is 4.74 Å². The molecular formula is C21H24N6O3S. The second kappa shape index (κ2) is 9.25. The molecule has 10 heteroatoms. The molecule has 1 N–H and O–H groups in total. The molecule has 0 atom stereocenters. The number of likely N-dealkylation sites (tertiary alicyclic amines) is 1. The van der Waals surface area contributed by atoms with Crippen molar-refractivity contribution in [2.45, 2.75) is 38.7 Å². The van der Waals surface area contributed by atoms with Gasteiger partial charge in [-0.2, -0.15) is 5.10 Å². The van der Waals surface area contributed by atoms with Crippen LogP contribution in [-0.2, 0) is 4.74 Å². The minimum atomic E-state index is -0.249. The third-order valence-corrected chi connectivity index (χ3v) is 6.12. The van der Waals surface area contributed by atoms with E-state index in [0.29, 0.717) is 29.7 Å². The number of carbonyl (C=O) groups is 2. The van der Waals surface area contributed by atoms with Gasteiger partial charge in [0.2, 0.25) is 0 Å². The monoisotopic (exact) mass is 440 g/mol. The minimum absolute atomic E-state index is 0.114. The second-order valence-corrected chi connectivity index (χ2v) is 8.66. The first-order chi connectivity index (χ1) is 15.0. The predicted octanol–water partition coefficient (Wildman–Crippen LogP) is 3.70. The van der Waals surface area contributed by atoms with Crippen LogP contribution in [0.1, 0.15) is 47.8 Å². The molecule has 1 aliphatic heterocycles. The third-order valence-electron chi connectivity index (χ3n) is 5.05. The molecule has 0 radical (unpaired) electrons. The van der Waals surface area contributed by atoms with Gasteiger partial charge < -0.3 is 9.64 Å². The number of nitrogens with zero attached hydrogens (tertiary/aromatic N) is 5. The summed E-state index contributed by atoms with van der Waals surface area (Å²) in [5.74, 6) is 0.116. The zero-order chi connectivity index (χ0) is 21.8. The molecule has 1 fully saturated rings. The molecule has 162 valence electrons. The Balaban J connectivity index is 1.32. The average Bonchev–Trinajstić information content (AvgIpc) is 3.46. The molecule has 2 aromatic heterocycles. The highest BCUT2D eigenvalue weighted by Crippen LogP contribution is 2.33. The van der Waals surface area contributed by atoms with E-state index < -0.39 is 0 Å². The quantitative estimate of drug-likeness (QED) is 0.649. The second-order valence-electron chi connectivity index (χ2n) is 7.60. The fourth-order valence-electron chi connectivity index (χ4n) is 3.43. The third kappa shape index (κ3) is 5.08. The summed E-state index contributed by atoms with van der Waals surface area (Å²) in [5, 5.41) is 7.51. The van der Waals surface area contributed by atoms with Crippen LogP contribution in [0.3, 0.4) is 0 Å². The molecule has 0 bridgehead atoms. The van der Waals surface area contributed by atoms with Gasteiger partial charge in [-0.3, -0.25) is 10.1 Å². The van der Waals surface area contributed by atoms with Crippen molar-refractivity contribution in [3.05, 3.63) is 53.6 Å². The number of rotatable bonds is 5. The van der Waals surface area contributed by atoms with Crippen molar-refractivity contribution in [1.29, 1.82) is 0 Å². The van der Waals surface area contributed by atoms with Gasteiger partial charge >= 0.3 is 6.09 Å². The number of ether oxygens (including phenoxy) is 1. The summed E-state index contributed by atoms with van der Waals surface area (Å²) < 4.78 is 6.90. The zero-order valence-corrected chi connectivity index (χ0v) is 18.2. The topological polar surface area (TPSA) is 102 Å². The first kappa shape index (κ1) is 21.0. The van der Waals surface area contributed by atoms with Crippen molar-refractivity contribution in [2.75, 3.05) is 18.4 Å². The minimum Gasteiger partial charge on any atom is -0.447 e. The number of aromatic nitrogens is 4. The molecule has 1 aliphatic rings. The Kier molecular flexibility index (Phi) is 6.26. The number of thiazole rings is 1. The normalized spacial score (nSPS) is 14.6. The lowest BCUT2D eigenvalue weighted by molar-refractivity contribution is 0.0693. The first-order valence-corrected chi connectivity index (χ1v) is 11.0. The van der Waals surface area contributed by atoms with E-state index in [0.717, 1.165) is 23.4 Å². The SMILES string of the molecule is CC(C)OC(=O)N1CCC(c2cnc(NC(=O)c3ccc(-n4cncn4)cc3)s2)CC1. The fourth-order valence-corrected chi connectivity index (χ4v) is 4.41. The van der Waals surface area contributed by atoms with Crippen LogP contribution in [0.4, 0.5) is 9.93 Å². The van der Waals surface area contributed by atoms with E-state index in [2.05, 4.69) is 20.4 Å². The van der Waals surface area contributed by atoms with Gasteiger partial charge in [-0.05, 0) is 56.9 Å². The summed E-state index contributed by atoms with van der Waals surface area (Å²) in [6.45, 7) is 5.02. The lowest BCUT2D eigenvalue weighted by Gasteiger charge is -2.31. The number of carbonyl (C=O) groups excluding carboxylic acids is 2. The molecule has 3 heterocycles. The van der Waals surface area contributed by atoms with Crippen LogP contribution >= 0.6 is 11.3 Å². The number of amides is 2. The summed E-state index contributed by atoms with van der Waals surface area (Å²) in [6.07, 6.45) is 6.23. The maximum atomic E-state index is 12.6. The molecule has 0 saturated carbocycles. The maximum Gasteiger partial charge on any atom is 0.410 e. The number of hydrogen-bond acceptors (Lipinski definition) is 7. The first-order valence-electron chi connectivity index (χ1n) is 10.2. The highest BCUT2D eigenvalue weighted by molar-refractivity contribution is 7.15. The highest BCUT2D eigenvalue weighted by Gasteiger charge is 2.26. The molecule has 2 amide bonds. The van der Waals surface area contributed by atoms with Crippen LogP contribution in [0, 0.1) is 0 Å². The summed E-state index contributed by atoms with van der Waals surface area (Å²) in [7, 11) is 0. The van der Waals surface area contributed by atoms with Gasteiger partial charge in [-0.15, -0.1) is 11.3 Å². The van der Waals surface area contributed by atoms with Gasteiger partial charge in [0.15, 0.2) is 5.13 Å². The standard InChI is InChI=1S/C21H24N6O3S/c1-14(2)30-21(29)26-9-7-15(8-10-26)18-11-23-20(31-18)25-19(28)16-3-5-17(6-4-16)27-13-22-12-24-27/h3-6,11-15H,7-10H2,1-2H3,(H,23,25,28). The number of benzene rings is 1. The molecule has 31 heavy (non-hydrogen) atoms. The van der Waals surface area contributed by atoms with Crippen molar-refractivity contribution in [2.24, 2.45) is 0 Å². The number of nitrogens with one attached hydrogen (secondary N) is 1. The molecule has 4 rings (SSSR count). The number of anilines is 1. The molecule has 1 aromatic carbocycles. The highest BCUT2D eigenvalue weighted by atomic mass is 32.1. The Morgan fingerprint density at radius 3 is 2.58 bits per heavy atom. The molecular weight excluding hydrogens is 416 g/mol. The predicted molar refractivity (Wildman–Crippen MR) is 117 cm³/mol. The summed E-state index contributed by atoms with van der Waals surface area (Å²) in [4.78, 5) is 35.8. The molecule has 9 nitrogen and oxygen atoms in total. The Morgan fingerprint density at radius 1 is 1.19 bits per heavy atom. The molecule has 0 unspecified atom stereocenters. The summed E-state index contributed by atoms with van der Waals surface area (Å²) >= 11 is 1.48. The molecule has 0 spiro atoms. The van der Waals surface area contributed by atoms with Crippen LogP contribution in [0.5, 0.6) is 0 Å². The Hall–Kier alpha value is -3.27. The van der Waals surface area contributed by atoms with Crippen LogP contribution in [0.25, 0.3) is 5.69 Å². The van der Waals surface area contributed by atoms with Gasteiger partial charge in [0.25, 0.3) is 5.91 Å². The average molecular weight is 441 g/mol. The van der Waals surface area contributed by atoms with Gasteiger partial charge in [-0.25, -0.2) is 19.4 Å². The Morgan fingerprint density at radius 2 is 1.94 bits per heavy atom. The smallest absolute Gasteiger partial charge is 0.410 e. The van der Waals surface area contributed by atoms with Crippen molar-refractivity contribution in [3.63, 3.8) is 0 Å². The summed E-state index contributed by atoms with van der Waals surface area (Å²) in [5.41, 5.74) is 1.37. The van der Waals surface area contributed by atoms with Crippen LogP contribution in [0.15, 0.2) is 43.1 Å². The van der Waals surface area contributed by atoms with Gasteiger partial charge in [0.05, 0.1) is 11.8 Å². The van der Waals surface area contributed by atoms with Gasteiger partial charge in [-0.1, -0.05) is 0 Å². The van der Waals surface area contributed by atoms with Crippen LogP contribution in [0.2, 0.25) is 0 Å². The van der Waals surface area contributed by atoms with Crippen molar-refractivity contribution in [1.82, 2.24) is 24.6 Å². The van der Waals surface area contributed by atoms with Gasteiger partial charge in [0, 0.05) is 29.7 Å². The van der Waals surface area contributed by atoms with E-state index in [1.165, 1.54) is 17.7 Å². The Labute approximate surface area is 184 Å². The number of piperidine rings is 1. The van der Waals surface area contributed by atoms with E-state index in [9.17, 15) is 9.59 Å². The fraction of sp³-hybridized carbons (Fsp3) is 0.381. The van der Waals surface area contributed by atoms with E-state index in [-0.39, 0.29) is 18.1 Å². The molecule has 3 aromatic rings. The summed E-state index contributed by atoms with van der Waals surface area (Å²) in [6, 6.07) is 7.11. The van der Waals surface area contributed by atoms with Crippen molar-refractivity contribution in [3.8, 4) is 5.69 Å². The lowest BCUT2D eigenvalue weighted by Crippen LogP contribution is -2.39. The molecule has 0 aliphatic carbocycles. The van der Waals surface area contributed by atoms with E-state index in [1.807, 2.05) is 32.2 Å². The largest absolute Gasteiger partial charge is 0.447 e. The lowest BCUT2D eigenvalue weighted by atomic mass is 9.96. The van der Waals surface area contributed by atoms with E-state index in [1.54, 1.807) is 28.0 Å². The maximum absolute atomic E-state index is 12.6. The van der Waals surface area contributed by atoms with Crippen molar-refractivity contribution >= 4 is 28.5 Å². The molecule has 1 saturated heterocycles. The van der Waals surface area contributed by atoms with Crippen molar-refractivity contribution < 1.29 is 14.3 Å². The van der Waals surface area contributed by atoms with Crippen LogP contribution in [-0.4, -0.2) is 55.8 Å². The zero-order valence-electron chi connectivity index (χ0n) is 17.4. The number of hydrogen-bond donors (Lipinski definition) is 1. The Bertz CT molecular complexity index is 1020.